The van der Waals surface area contributed by atoms with Crippen molar-refractivity contribution >= 4 is 11.6 Å². The average molecular weight is 328 g/mol. The summed E-state index contributed by atoms with van der Waals surface area (Å²) in [6.07, 6.45) is 7.64. The van der Waals surface area contributed by atoms with Crippen molar-refractivity contribution in [2.45, 2.75) is 12.5 Å². The maximum absolute atomic E-state index is 13.0. The van der Waals surface area contributed by atoms with Crippen molar-refractivity contribution in [2.75, 3.05) is 0 Å². The number of rotatable bonds is 3. The lowest BCUT2D eigenvalue weighted by Crippen LogP contribution is -2.27. The molecule has 1 aliphatic heterocycles. The molecule has 1 aromatic carbocycles. The van der Waals surface area contributed by atoms with E-state index in [1.165, 1.54) is 0 Å². The molecule has 0 saturated carbocycles. The van der Waals surface area contributed by atoms with Crippen LogP contribution in [0.15, 0.2) is 84.5 Å². The number of nitrogens with zero attached hydrogens (tertiary/aromatic N) is 4. The molecule has 0 saturated heterocycles. The number of amides is 1. The Hall–Kier alpha value is -3.34. The van der Waals surface area contributed by atoms with Crippen LogP contribution in [-0.4, -0.2) is 26.6 Å². The molecule has 5 heteroatoms. The molecule has 3 aromatic rings. The van der Waals surface area contributed by atoms with E-state index in [1.807, 2.05) is 54.6 Å². The van der Waals surface area contributed by atoms with Gasteiger partial charge in [0, 0.05) is 42.3 Å². The summed E-state index contributed by atoms with van der Waals surface area (Å²) in [7, 11) is 0. The predicted molar refractivity (Wildman–Crippen MR) is 95.0 cm³/mol. The lowest BCUT2D eigenvalue weighted by Gasteiger charge is -2.21. The molecule has 1 aliphatic rings. The molecule has 1 amide bonds. The van der Waals surface area contributed by atoms with Crippen molar-refractivity contribution in [3.05, 3.63) is 96.1 Å². The second-order valence-electron chi connectivity index (χ2n) is 5.80. The number of carbonyl (C=O) groups excluding carboxylic acids is 1. The van der Waals surface area contributed by atoms with Crippen LogP contribution in [0.25, 0.3) is 0 Å². The topological polar surface area (TPSA) is 58.5 Å². The lowest BCUT2D eigenvalue weighted by atomic mass is 10.00. The Balaban J connectivity index is 1.73. The molecule has 4 rings (SSSR count). The van der Waals surface area contributed by atoms with Crippen molar-refractivity contribution in [3.63, 3.8) is 0 Å². The first kappa shape index (κ1) is 15.2. The van der Waals surface area contributed by atoms with Crippen molar-refractivity contribution in [2.24, 2.45) is 5.10 Å². The number of aromatic nitrogens is 2. The standard InChI is InChI=1S/C20H16N4O/c25-20(16-5-2-1-3-6-16)24-19(17-7-4-10-22-14-17)13-18(23-24)15-8-11-21-12-9-15/h1-12,14,19H,13H2. The Bertz CT molecular complexity index is 895. The van der Waals surface area contributed by atoms with Gasteiger partial charge in [0.05, 0.1) is 11.8 Å². The first-order valence-electron chi connectivity index (χ1n) is 8.09. The van der Waals surface area contributed by atoms with Crippen LogP contribution in [0.1, 0.15) is 33.9 Å². The van der Waals surface area contributed by atoms with Crippen molar-refractivity contribution in [1.82, 2.24) is 15.0 Å². The Labute approximate surface area is 145 Å². The summed E-state index contributed by atoms with van der Waals surface area (Å²) in [6, 6.07) is 16.7. The molecule has 0 bridgehead atoms. The Morgan fingerprint density at radius 1 is 0.920 bits per heavy atom. The molecule has 0 aliphatic carbocycles. The molecule has 3 heterocycles. The fraction of sp³-hybridized carbons (Fsp3) is 0.100. The van der Waals surface area contributed by atoms with Gasteiger partial charge >= 0.3 is 0 Å². The first-order chi connectivity index (χ1) is 12.3. The second-order valence-corrected chi connectivity index (χ2v) is 5.80. The van der Waals surface area contributed by atoms with Gasteiger partial charge in [-0.1, -0.05) is 24.3 Å². The fourth-order valence-corrected chi connectivity index (χ4v) is 2.96. The summed E-state index contributed by atoms with van der Waals surface area (Å²) in [4.78, 5) is 21.2. The Morgan fingerprint density at radius 2 is 1.72 bits per heavy atom. The lowest BCUT2D eigenvalue weighted by molar-refractivity contribution is 0.0711. The molecule has 2 aromatic heterocycles. The molecule has 0 radical (unpaired) electrons. The summed E-state index contributed by atoms with van der Waals surface area (Å²) in [5.74, 6) is -0.112. The number of benzene rings is 1. The van der Waals surface area contributed by atoms with Crippen molar-refractivity contribution in [3.8, 4) is 0 Å². The van der Waals surface area contributed by atoms with E-state index in [0.29, 0.717) is 12.0 Å². The number of hydrazone groups is 1. The van der Waals surface area contributed by atoms with Gasteiger partial charge in [0.2, 0.25) is 0 Å². The minimum absolute atomic E-state index is 0.112. The smallest absolute Gasteiger partial charge is 0.267 e. The molecule has 122 valence electrons. The van der Waals surface area contributed by atoms with Gasteiger partial charge in [-0.3, -0.25) is 14.8 Å². The second kappa shape index (κ2) is 6.65. The Kier molecular flexibility index (Phi) is 4.04. The van der Waals surface area contributed by atoms with Gasteiger partial charge in [0.25, 0.3) is 5.91 Å². The maximum Gasteiger partial charge on any atom is 0.274 e. The molecule has 5 nitrogen and oxygen atoms in total. The predicted octanol–water partition coefficient (Wildman–Crippen LogP) is 3.47. The van der Waals surface area contributed by atoms with Crippen LogP contribution in [0.4, 0.5) is 0 Å². The van der Waals surface area contributed by atoms with E-state index in [4.69, 9.17) is 0 Å². The number of pyridine rings is 2. The van der Waals surface area contributed by atoms with Crippen molar-refractivity contribution in [1.29, 1.82) is 0 Å². The zero-order valence-electron chi connectivity index (χ0n) is 13.5. The highest BCUT2D eigenvalue weighted by Gasteiger charge is 2.33. The zero-order valence-corrected chi connectivity index (χ0v) is 13.5. The van der Waals surface area contributed by atoms with Crippen molar-refractivity contribution < 1.29 is 4.79 Å². The molecular weight excluding hydrogens is 312 g/mol. The average Bonchev–Trinajstić information content (AvgIpc) is 3.15. The first-order valence-corrected chi connectivity index (χ1v) is 8.09. The molecule has 0 fully saturated rings. The van der Waals surface area contributed by atoms with E-state index in [0.717, 1.165) is 16.8 Å². The van der Waals surface area contributed by atoms with Crippen LogP contribution in [0.2, 0.25) is 0 Å². The van der Waals surface area contributed by atoms with E-state index in [2.05, 4.69) is 15.1 Å². The number of carbonyl (C=O) groups is 1. The highest BCUT2D eigenvalue weighted by atomic mass is 16.2. The minimum Gasteiger partial charge on any atom is -0.267 e. The number of hydrogen-bond acceptors (Lipinski definition) is 4. The van der Waals surface area contributed by atoms with E-state index in [-0.39, 0.29) is 11.9 Å². The molecule has 1 unspecified atom stereocenters. The van der Waals surface area contributed by atoms with Crippen LogP contribution in [0.5, 0.6) is 0 Å². The van der Waals surface area contributed by atoms with Gasteiger partial charge in [-0.15, -0.1) is 0 Å². The van der Waals surface area contributed by atoms with Gasteiger partial charge < -0.3 is 0 Å². The SMILES string of the molecule is O=C(c1ccccc1)N1N=C(c2ccncc2)CC1c1cccnc1. The van der Waals surface area contributed by atoms with Crippen LogP contribution >= 0.6 is 0 Å². The molecule has 25 heavy (non-hydrogen) atoms. The van der Waals surface area contributed by atoms with Crippen LogP contribution in [0.3, 0.4) is 0 Å². The molecule has 0 N–H and O–H groups in total. The van der Waals surface area contributed by atoms with Crippen LogP contribution in [0, 0.1) is 0 Å². The zero-order chi connectivity index (χ0) is 17.1. The summed E-state index contributed by atoms with van der Waals surface area (Å²) in [5, 5.41) is 6.21. The summed E-state index contributed by atoms with van der Waals surface area (Å²) < 4.78 is 0. The van der Waals surface area contributed by atoms with Gasteiger partial charge in [-0.2, -0.15) is 5.10 Å². The monoisotopic (exact) mass is 328 g/mol. The van der Waals surface area contributed by atoms with E-state index >= 15 is 0 Å². The van der Waals surface area contributed by atoms with Gasteiger partial charge in [0.1, 0.15) is 0 Å². The highest BCUT2D eigenvalue weighted by Crippen LogP contribution is 2.33. The van der Waals surface area contributed by atoms with Crippen LogP contribution < -0.4 is 0 Å². The summed E-state index contributed by atoms with van der Waals surface area (Å²) in [5.41, 5.74) is 3.45. The quantitative estimate of drug-likeness (QED) is 0.740. The van der Waals surface area contributed by atoms with E-state index in [9.17, 15) is 4.79 Å². The van der Waals surface area contributed by atoms with Gasteiger partial charge in [-0.25, -0.2) is 5.01 Å². The molecule has 1 atom stereocenters. The highest BCUT2D eigenvalue weighted by molar-refractivity contribution is 6.04. The Morgan fingerprint density at radius 3 is 2.44 bits per heavy atom. The maximum atomic E-state index is 13.0. The van der Waals surface area contributed by atoms with E-state index < -0.39 is 0 Å². The van der Waals surface area contributed by atoms with Crippen LogP contribution in [-0.2, 0) is 0 Å². The largest absolute Gasteiger partial charge is 0.274 e. The summed E-state index contributed by atoms with van der Waals surface area (Å²) >= 11 is 0. The fourth-order valence-electron chi connectivity index (χ4n) is 2.96. The summed E-state index contributed by atoms with van der Waals surface area (Å²) in [6.45, 7) is 0. The molecular formula is C20H16N4O. The number of hydrogen-bond donors (Lipinski definition) is 0. The van der Waals surface area contributed by atoms with Gasteiger partial charge in [-0.05, 0) is 35.9 Å². The normalized spacial score (nSPS) is 16.6. The van der Waals surface area contributed by atoms with E-state index in [1.54, 1.807) is 29.8 Å². The third kappa shape index (κ3) is 3.04. The molecule has 0 spiro atoms. The van der Waals surface area contributed by atoms with Gasteiger partial charge in [0.15, 0.2) is 0 Å². The third-order valence-corrected chi connectivity index (χ3v) is 4.22. The third-order valence-electron chi connectivity index (χ3n) is 4.22. The minimum atomic E-state index is -0.162.